The third kappa shape index (κ3) is 2.69. The van der Waals surface area contributed by atoms with E-state index in [1.54, 1.807) is 0 Å². The highest BCUT2D eigenvalue weighted by Crippen LogP contribution is 2.66. The van der Waals surface area contributed by atoms with Gasteiger partial charge in [-0.3, -0.25) is 0 Å². The van der Waals surface area contributed by atoms with E-state index in [0.29, 0.717) is 0 Å². The minimum atomic E-state index is -0.285. The molecule has 0 aromatic heterocycles. The van der Waals surface area contributed by atoms with Crippen LogP contribution in [0.25, 0.3) is 0 Å². The molecule has 0 radical (unpaired) electrons. The fraction of sp³-hybridized carbons (Fsp3) is 0.250. The Labute approximate surface area is 150 Å². The van der Waals surface area contributed by atoms with Gasteiger partial charge >= 0.3 is 0 Å². The molecule has 1 nitrogen and oxygen atoms in total. The quantitative estimate of drug-likeness (QED) is 0.517. The summed E-state index contributed by atoms with van der Waals surface area (Å²) in [7, 11) is 0. The highest BCUT2D eigenvalue weighted by molar-refractivity contribution is 5.43. The lowest BCUT2D eigenvalue weighted by Gasteiger charge is -2.21. The van der Waals surface area contributed by atoms with Crippen LogP contribution in [-0.4, -0.2) is 0 Å². The van der Waals surface area contributed by atoms with Gasteiger partial charge in [-0.05, 0) is 23.1 Å². The van der Waals surface area contributed by atoms with Crippen molar-refractivity contribution in [1.82, 2.24) is 0 Å². The van der Waals surface area contributed by atoms with E-state index in [9.17, 15) is 0 Å². The second-order valence-electron chi connectivity index (χ2n) is 6.90. The van der Waals surface area contributed by atoms with Crippen LogP contribution in [0, 0.1) is 0 Å². The third-order valence-corrected chi connectivity index (χ3v) is 5.34. The molecule has 0 amide bonds. The van der Waals surface area contributed by atoms with Gasteiger partial charge in [-0.25, -0.2) is 0 Å². The normalized spacial score (nSPS) is 24.8. The van der Waals surface area contributed by atoms with Crippen molar-refractivity contribution >= 4 is 0 Å². The summed E-state index contributed by atoms with van der Waals surface area (Å²) in [5, 5.41) is 0. The Morgan fingerprint density at radius 1 is 0.640 bits per heavy atom. The molecule has 3 aromatic rings. The molecule has 1 heterocycles. The minimum Gasteiger partial charge on any atom is -0.352 e. The van der Waals surface area contributed by atoms with E-state index in [1.165, 1.54) is 16.7 Å². The highest BCUT2D eigenvalue weighted by Gasteiger charge is 2.70. The van der Waals surface area contributed by atoms with Gasteiger partial charge in [0.05, 0.1) is 0 Å². The van der Waals surface area contributed by atoms with Gasteiger partial charge in [0.15, 0.2) is 0 Å². The molecule has 0 spiro atoms. The lowest BCUT2D eigenvalue weighted by Crippen LogP contribution is -2.25. The molecular weight excluding hydrogens is 304 g/mol. The molecule has 1 fully saturated rings. The number of rotatable bonds is 6. The molecular formula is C24H24O. The van der Waals surface area contributed by atoms with E-state index in [0.717, 1.165) is 19.3 Å². The van der Waals surface area contributed by atoms with Crippen molar-refractivity contribution in [3.05, 3.63) is 108 Å². The monoisotopic (exact) mass is 328 g/mol. The van der Waals surface area contributed by atoms with E-state index in [1.807, 2.05) is 0 Å². The van der Waals surface area contributed by atoms with Crippen molar-refractivity contribution in [2.75, 3.05) is 0 Å². The lowest BCUT2D eigenvalue weighted by atomic mass is 9.76. The van der Waals surface area contributed by atoms with Gasteiger partial charge in [0.25, 0.3) is 0 Å². The minimum absolute atomic E-state index is 0.236. The van der Waals surface area contributed by atoms with Crippen molar-refractivity contribution in [2.24, 2.45) is 0 Å². The number of hydrogen-bond acceptors (Lipinski definition) is 1. The Kier molecular flexibility index (Phi) is 4.19. The molecule has 126 valence electrons. The zero-order chi connectivity index (χ0) is 17.2. The Bertz CT molecular complexity index is 812. The summed E-state index contributed by atoms with van der Waals surface area (Å²) in [4.78, 5) is 0. The standard InChI is InChI=1S/C24H24O/c1-2-18-23(21-14-8-4-9-15-21)24(25-23,22-16-10-5-11-17-22)19-20-12-6-3-7-13-20/h3-17H,2,18-19H2,1H3. The summed E-state index contributed by atoms with van der Waals surface area (Å²) in [6.45, 7) is 2.24. The van der Waals surface area contributed by atoms with Crippen LogP contribution in [-0.2, 0) is 22.4 Å². The van der Waals surface area contributed by atoms with Crippen LogP contribution in [0.1, 0.15) is 36.5 Å². The second kappa shape index (κ2) is 6.50. The molecule has 0 aliphatic carbocycles. The van der Waals surface area contributed by atoms with E-state index < -0.39 is 0 Å². The average Bonchev–Trinajstić information content (AvgIpc) is 3.33. The van der Waals surface area contributed by atoms with Crippen LogP contribution in [0.4, 0.5) is 0 Å². The molecule has 1 saturated heterocycles. The van der Waals surface area contributed by atoms with Crippen molar-refractivity contribution in [1.29, 1.82) is 0 Å². The fourth-order valence-corrected chi connectivity index (χ4v) is 4.18. The van der Waals surface area contributed by atoms with Crippen LogP contribution < -0.4 is 0 Å². The van der Waals surface area contributed by atoms with Gasteiger partial charge in [0.2, 0.25) is 0 Å². The molecule has 1 heteroatoms. The summed E-state index contributed by atoms with van der Waals surface area (Å²) in [5.41, 5.74) is 3.36. The van der Waals surface area contributed by atoms with E-state index in [-0.39, 0.29) is 11.2 Å². The average molecular weight is 328 g/mol. The maximum atomic E-state index is 6.71. The first-order valence-electron chi connectivity index (χ1n) is 9.16. The summed E-state index contributed by atoms with van der Waals surface area (Å²) >= 11 is 0. The van der Waals surface area contributed by atoms with E-state index in [4.69, 9.17) is 4.74 Å². The maximum absolute atomic E-state index is 6.71. The number of epoxide rings is 1. The zero-order valence-electron chi connectivity index (χ0n) is 14.7. The Morgan fingerprint density at radius 2 is 1.12 bits per heavy atom. The summed E-state index contributed by atoms with van der Waals surface area (Å²) in [6, 6.07) is 32.2. The lowest BCUT2D eigenvalue weighted by molar-refractivity contribution is 0.253. The molecule has 1 aliphatic rings. The summed E-state index contributed by atoms with van der Waals surface area (Å²) < 4.78 is 6.71. The molecule has 3 aromatic carbocycles. The van der Waals surface area contributed by atoms with Gasteiger partial charge in [0.1, 0.15) is 11.2 Å². The van der Waals surface area contributed by atoms with Crippen LogP contribution in [0.3, 0.4) is 0 Å². The van der Waals surface area contributed by atoms with Crippen molar-refractivity contribution in [2.45, 2.75) is 37.4 Å². The number of benzene rings is 3. The van der Waals surface area contributed by atoms with Gasteiger partial charge in [-0.1, -0.05) is 104 Å². The fourth-order valence-electron chi connectivity index (χ4n) is 4.18. The van der Waals surface area contributed by atoms with Crippen LogP contribution >= 0.6 is 0 Å². The molecule has 2 atom stereocenters. The summed E-state index contributed by atoms with van der Waals surface area (Å²) in [6.07, 6.45) is 3.02. The maximum Gasteiger partial charge on any atom is 0.132 e. The molecule has 25 heavy (non-hydrogen) atoms. The van der Waals surface area contributed by atoms with Crippen LogP contribution in [0.15, 0.2) is 91.0 Å². The highest BCUT2D eigenvalue weighted by atomic mass is 16.6. The van der Waals surface area contributed by atoms with Crippen molar-refractivity contribution < 1.29 is 4.74 Å². The SMILES string of the molecule is CCCC1(c2ccccc2)OC1(Cc1ccccc1)c1ccccc1. The number of hydrogen-bond donors (Lipinski definition) is 0. The predicted molar refractivity (Wildman–Crippen MR) is 102 cm³/mol. The third-order valence-electron chi connectivity index (χ3n) is 5.34. The molecule has 0 N–H and O–H groups in total. The molecule has 4 rings (SSSR count). The molecule has 0 bridgehead atoms. The van der Waals surface area contributed by atoms with E-state index >= 15 is 0 Å². The van der Waals surface area contributed by atoms with Crippen LogP contribution in [0.2, 0.25) is 0 Å². The first kappa shape index (κ1) is 16.1. The first-order chi connectivity index (χ1) is 12.3. The van der Waals surface area contributed by atoms with Gasteiger partial charge in [-0.15, -0.1) is 0 Å². The number of ether oxygens (including phenoxy) is 1. The van der Waals surface area contributed by atoms with Gasteiger partial charge in [-0.2, -0.15) is 0 Å². The van der Waals surface area contributed by atoms with E-state index in [2.05, 4.69) is 97.9 Å². The summed E-state index contributed by atoms with van der Waals surface area (Å²) in [5.74, 6) is 0. The van der Waals surface area contributed by atoms with Gasteiger partial charge in [0, 0.05) is 6.42 Å². The van der Waals surface area contributed by atoms with Crippen molar-refractivity contribution in [3.63, 3.8) is 0 Å². The largest absolute Gasteiger partial charge is 0.352 e. The second-order valence-corrected chi connectivity index (χ2v) is 6.90. The Balaban J connectivity index is 1.82. The molecule has 2 unspecified atom stereocenters. The first-order valence-corrected chi connectivity index (χ1v) is 9.16. The molecule has 0 saturated carbocycles. The Morgan fingerprint density at radius 3 is 1.64 bits per heavy atom. The topological polar surface area (TPSA) is 12.5 Å². The van der Waals surface area contributed by atoms with Crippen LogP contribution in [0.5, 0.6) is 0 Å². The molecule has 1 aliphatic heterocycles. The van der Waals surface area contributed by atoms with Gasteiger partial charge < -0.3 is 4.74 Å². The smallest absolute Gasteiger partial charge is 0.132 e. The predicted octanol–water partition coefficient (Wildman–Crippen LogP) is 5.85. The zero-order valence-corrected chi connectivity index (χ0v) is 14.7. The Hall–Kier alpha value is -2.38. The van der Waals surface area contributed by atoms with Crippen molar-refractivity contribution in [3.8, 4) is 0 Å².